The van der Waals surface area contributed by atoms with Crippen molar-refractivity contribution in [3.05, 3.63) is 71.6 Å². The van der Waals surface area contributed by atoms with Crippen LogP contribution in [0.5, 0.6) is 5.75 Å². The molecule has 7 nitrogen and oxygen atoms in total. The summed E-state index contributed by atoms with van der Waals surface area (Å²) in [5, 5.41) is 31.3. The highest BCUT2D eigenvalue weighted by Crippen LogP contribution is 2.80. The van der Waals surface area contributed by atoms with Crippen LogP contribution in [0.15, 0.2) is 48.8 Å². The lowest BCUT2D eigenvalue weighted by molar-refractivity contribution is -0.347. The molecule has 6 rings (SSSR count). The van der Waals surface area contributed by atoms with Crippen LogP contribution in [0.1, 0.15) is 36.8 Å². The van der Waals surface area contributed by atoms with Crippen LogP contribution in [0.2, 0.25) is 0 Å². The second-order valence-corrected chi connectivity index (χ2v) is 10.3. The maximum Gasteiger partial charge on any atom is 0.287 e. The second kappa shape index (κ2) is 9.23. The van der Waals surface area contributed by atoms with E-state index in [0.29, 0.717) is 11.8 Å². The Labute approximate surface area is 213 Å². The lowest BCUT2D eigenvalue weighted by atomic mass is 9.30. The topological polar surface area (TPSA) is 93.3 Å². The molecule has 1 aromatic heterocycles. The molecule has 0 radical (unpaired) electrons. The van der Waals surface area contributed by atoms with Crippen molar-refractivity contribution in [2.45, 2.75) is 61.7 Å². The van der Waals surface area contributed by atoms with Crippen molar-refractivity contribution >= 4 is 0 Å². The fourth-order valence-electron chi connectivity index (χ4n) is 5.90. The largest absolute Gasteiger partial charge is 0.491 e. The number of hydrogen-bond donors (Lipinski definition) is 2. The smallest absolute Gasteiger partial charge is 0.287 e. The van der Waals surface area contributed by atoms with Crippen LogP contribution < -0.4 is 4.74 Å². The monoisotopic (exact) mass is 542 g/mol. The summed E-state index contributed by atoms with van der Waals surface area (Å²) in [5.74, 6) is -5.79. The minimum Gasteiger partial charge on any atom is -0.491 e. The maximum absolute atomic E-state index is 16.2. The molecule has 0 saturated heterocycles. The predicted molar refractivity (Wildman–Crippen MR) is 120 cm³/mol. The van der Waals surface area contributed by atoms with Crippen LogP contribution in [0.25, 0.3) is 0 Å². The molecule has 3 aliphatic rings. The van der Waals surface area contributed by atoms with Crippen LogP contribution in [0, 0.1) is 17.0 Å². The summed E-state index contributed by atoms with van der Waals surface area (Å²) in [6.07, 6.45) is -3.63. The van der Waals surface area contributed by atoms with Crippen LogP contribution >= 0.6 is 0 Å². The fraction of sp³-hybridized carbons (Fsp3) is 0.480. The molecule has 3 saturated carbocycles. The van der Waals surface area contributed by atoms with Gasteiger partial charge in [0.05, 0.1) is 12.6 Å². The third kappa shape index (κ3) is 4.21. The van der Waals surface area contributed by atoms with Gasteiger partial charge in [0.15, 0.2) is 5.60 Å². The van der Waals surface area contributed by atoms with Crippen molar-refractivity contribution in [1.82, 2.24) is 20.2 Å². The standard InChI is InChI=1S/C25H24F6N4O3/c26-16-3-6-19(20(27)7-16)24(37,13-35-14-32-33-34-35)25(30,31)23-10-22(11-23,12-23)15-1-4-18(5-2-15)38-9-17(36)8-21(28)29/h1-7,14,17,21,36-37H,8-13H2/t17-,22?,23?,24-/m1/s1. The molecule has 2 N–H and O–H groups in total. The van der Waals surface area contributed by atoms with Crippen molar-refractivity contribution in [2.75, 3.05) is 6.61 Å². The Morgan fingerprint density at radius 3 is 2.32 bits per heavy atom. The van der Waals surface area contributed by atoms with Gasteiger partial charge in [0, 0.05) is 23.5 Å². The number of benzene rings is 2. The highest BCUT2D eigenvalue weighted by atomic mass is 19.3. The van der Waals surface area contributed by atoms with Gasteiger partial charge in [-0.1, -0.05) is 12.1 Å². The number of nitrogens with zero attached hydrogens (tertiary/aromatic N) is 4. The van der Waals surface area contributed by atoms with E-state index in [1.54, 1.807) is 24.3 Å². The summed E-state index contributed by atoms with van der Waals surface area (Å²) in [6, 6.07) is 8.55. The fourth-order valence-corrected chi connectivity index (χ4v) is 5.90. The van der Waals surface area contributed by atoms with Crippen molar-refractivity contribution in [1.29, 1.82) is 0 Å². The third-order valence-corrected chi connectivity index (χ3v) is 7.73. The SMILES string of the molecule is O[C@@H](COc1ccc(C23CC(C(F)(F)[C@@](O)(Cn4cnnn4)c4ccc(F)cc4F)(C2)C3)cc1)CC(F)F. The van der Waals surface area contributed by atoms with Crippen LogP contribution in [-0.2, 0) is 17.6 Å². The third-order valence-electron chi connectivity index (χ3n) is 7.73. The summed E-state index contributed by atoms with van der Waals surface area (Å²) >= 11 is 0. The average molecular weight is 542 g/mol. The zero-order valence-corrected chi connectivity index (χ0v) is 19.9. The van der Waals surface area contributed by atoms with Crippen molar-refractivity contribution in [3.8, 4) is 5.75 Å². The van der Waals surface area contributed by atoms with Crippen molar-refractivity contribution in [3.63, 3.8) is 0 Å². The number of aliphatic hydroxyl groups excluding tert-OH is 1. The predicted octanol–water partition coefficient (Wildman–Crippen LogP) is 3.99. The van der Waals surface area contributed by atoms with E-state index < -0.39 is 65.0 Å². The van der Waals surface area contributed by atoms with Gasteiger partial charge in [0.2, 0.25) is 6.43 Å². The summed E-state index contributed by atoms with van der Waals surface area (Å²) in [6.45, 7) is -1.17. The molecule has 3 aromatic rings. The van der Waals surface area contributed by atoms with Gasteiger partial charge in [0.25, 0.3) is 5.92 Å². The Bertz CT molecular complexity index is 1270. The summed E-state index contributed by atoms with van der Waals surface area (Å²) in [4.78, 5) is 0. The van der Waals surface area contributed by atoms with Gasteiger partial charge in [-0.15, -0.1) is 5.10 Å². The van der Waals surface area contributed by atoms with E-state index in [-0.39, 0.29) is 25.9 Å². The van der Waals surface area contributed by atoms with Crippen LogP contribution in [0.3, 0.4) is 0 Å². The number of ether oxygens (including phenoxy) is 1. The molecule has 0 spiro atoms. The number of rotatable bonds is 11. The van der Waals surface area contributed by atoms with E-state index >= 15 is 8.78 Å². The van der Waals surface area contributed by atoms with Crippen LogP contribution in [0.4, 0.5) is 26.3 Å². The molecule has 0 unspecified atom stereocenters. The van der Waals surface area contributed by atoms with E-state index in [1.165, 1.54) is 0 Å². The molecule has 0 amide bonds. The summed E-state index contributed by atoms with van der Waals surface area (Å²) < 4.78 is 91.6. The zero-order chi connectivity index (χ0) is 27.3. The maximum atomic E-state index is 16.2. The number of aromatic nitrogens is 4. The Kier molecular flexibility index (Phi) is 6.41. The van der Waals surface area contributed by atoms with Gasteiger partial charge in [-0.3, -0.25) is 0 Å². The molecule has 0 aliphatic heterocycles. The van der Waals surface area contributed by atoms with E-state index in [9.17, 15) is 27.8 Å². The summed E-state index contributed by atoms with van der Waals surface area (Å²) in [7, 11) is 0. The summed E-state index contributed by atoms with van der Waals surface area (Å²) in [5.41, 5.74) is -5.27. The molecule has 3 aliphatic carbocycles. The lowest BCUT2D eigenvalue weighted by Crippen LogP contribution is -2.76. The highest BCUT2D eigenvalue weighted by Gasteiger charge is 2.82. The number of hydrogen-bond acceptors (Lipinski definition) is 6. The van der Waals surface area contributed by atoms with E-state index in [4.69, 9.17) is 4.74 Å². The first-order valence-electron chi connectivity index (χ1n) is 11.9. The second-order valence-electron chi connectivity index (χ2n) is 10.3. The van der Waals surface area contributed by atoms with Gasteiger partial charge < -0.3 is 14.9 Å². The molecule has 2 atom stereocenters. The van der Waals surface area contributed by atoms with Crippen molar-refractivity contribution < 1.29 is 41.3 Å². The minimum atomic E-state index is -3.84. The molecular formula is C25H24F6N4O3. The molecule has 2 aromatic carbocycles. The van der Waals surface area contributed by atoms with Gasteiger partial charge in [-0.2, -0.15) is 0 Å². The molecule has 13 heteroatoms. The zero-order valence-electron chi connectivity index (χ0n) is 19.9. The van der Waals surface area contributed by atoms with Gasteiger partial charge in [-0.25, -0.2) is 31.0 Å². The first kappa shape index (κ1) is 26.4. The normalized spacial score (nSPS) is 24.9. The minimum absolute atomic E-state index is 0.0149. The van der Waals surface area contributed by atoms with E-state index in [0.717, 1.165) is 28.7 Å². The first-order valence-corrected chi connectivity index (χ1v) is 11.9. The molecule has 2 bridgehead atoms. The number of aliphatic hydroxyl groups is 2. The Morgan fingerprint density at radius 1 is 1.05 bits per heavy atom. The van der Waals surface area contributed by atoms with E-state index in [2.05, 4.69) is 15.5 Å². The Hall–Kier alpha value is -3.19. The number of halogens is 6. The van der Waals surface area contributed by atoms with Gasteiger partial charge in [0.1, 0.15) is 30.3 Å². The quantitative estimate of drug-likeness (QED) is 0.356. The van der Waals surface area contributed by atoms with Crippen molar-refractivity contribution in [2.24, 2.45) is 5.41 Å². The molecule has 3 fully saturated rings. The van der Waals surface area contributed by atoms with Gasteiger partial charge in [-0.05, 0) is 64.9 Å². The lowest BCUT2D eigenvalue weighted by Gasteiger charge is -2.74. The molecule has 1 heterocycles. The molecule has 204 valence electrons. The van der Waals surface area contributed by atoms with E-state index in [1.807, 2.05) is 0 Å². The van der Waals surface area contributed by atoms with Gasteiger partial charge >= 0.3 is 0 Å². The highest BCUT2D eigenvalue weighted by molar-refractivity contribution is 5.44. The molecule has 38 heavy (non-hydrogen) atoms. The Balaban J connectivity index is 1.33. The van der Waals surface area contributed by atoms with Crippen LogP contribution in [-0.4, -0.2) is 55.5 Å². The average Bonchev–Trinajstić information content (AvgIpc) is 3.28. The number of alkyl halides is 4. The first-order chi connectivity index (χ1) is 17.9. The molecular weight excluding hydrogens is 518 g/mol. The Morgan fingerprint density at radius 2 is 1.74 bits per heavy atom. The number of tetrazole rings is 1.